The van der Waals surface area contributed by atoms with Crippen LogP contribution < -0.4 is 33.2 Å². The number of hydrogen-bond acceptors (Lipinski definition) is 16. The number of fused-ring (bicyclic) bond motifs is 3. The Labute approximate surface area is 553 Å². The Morgan fingerprint density at radius 2 is 0.667 bits per heavy atom. The van der Waals surface area contributed by atoms with Crippen LogP contribution in [0.3, 0.4) is 0 Å². The number of hydrogen-bond donors (Lipinski definition) is 9. The number of benzene rings is 6. The van der Waals surface area contributed by atoms with Gasteiger partial charge >= 0.3 is 0 Å². The van der Waals surface area contributed by atoms with Gasteiger partial charge in [-0.2, -0.15) is 3.89 Å². The van der Waals surface area contributed by atoms with E-state index in [4.69, 9.17) is 17.2 Å². The number of carbonyl (C=O) groups is 3. The van der Waals surface area contributed by atoms with Crippen LogP contribution in [0.25, 0.3) is 66.5 Å². The van der Waals surface area contributed by atoms with Gasteiger partial charge < -0.3 is 62.2 Å². The highest BCUT2D eigenvalue weighted by atomic mass is 32.2. The zero-order chi connectivity index (χ0) is 69.6. The molecule has 6 aromatic heterocycles. The van der Waals surface area contributed by atoms with Crippen molar-refractivity contribution in [2.75, 3.05) is 39.4 Å². The van der Waals surface area contributed by atoms with Gasteiger partial charge in [0.05, 0.1) is 16.2 Å². The van der Waals surface area contributed by atoms with Crippen LogP contribution in [0.15, 0.2) is 146 Å². The molecule has 12 rings (SSSR count). The summed E-state index contributed by atoms with van der Waals surface area (Å²) in [5, 5.41) is 41.1. The molecule has 0 aliphatic heterocycles. The van der Waals surface area contributed by atoms with E-state index in [-0.39, 0.29) is 28.8 Å². The highest BCUT2D eigenvalue weighted by Gasteiger charge is 2.24. The fraction of sp³-hybridized carbons (Fsp3) is 0.186. The molecule has 96 heavy (non-hydrogen) atoms. The zero-order valence-corrected chi connectivity index (χ0v) is 54.6. The van der Waals surface area contributed by atoms with Gasteiger partial charge in [-0.3, -0.25) is 14.4 Å². The number of aliphatic hydroxyl groups is 3. The summed E-state index contributed by atoms with van der Waals surface area (Å²) in [6.07, 6.45) is 2.79. The van der Waals surface area contributed by atoms with Crippen molar-refractivity contribution in [2.45, 2.75) is 59.9 Å². The van der Waals surface area contributed by atoms with Gasteiger partial charge in [-0.25, -0.2) is 43.1 Å². The Balaban J connectivity index is 0.000000165. The summed E-state index contributed by atoms with van der Waals surface area (Å²) in [4.78, 5) is 63.6. The molecule has 0 bridgehead atoms. The zero-order valence-electron chi connectivity index (χ0n) is 53.8. The summed E-state index contributed by atoms with van der Waals surface area (Å²) in [6, 6.07) is 32.2. The minimum absolute atomic E-state index is 0.187. The van der Waals surface area contributed by atoms with Crippen LogP contribution in [0.1, 0.15) is 69.2 Å². The molecule has 6 aromatic carbocycles. The van der Waals surface area contributed by atoms with Crippen LogP contribution in [0.4, 0.5) is 51.6 Å². The monoisotopic (exact) mass is 1320 g/mol. The van der Waals surface area contributed by atoms with Gasteiger partial charge in [0.15, 0.2) is 18.3 Å². The molecule has 0 saturated carbocycles. The third-order valence-electron chi connectivity index (χ3n) is 15.5. The lowest BCUT2D eigenvalue weighted by Gasteiger charge is -2.13. The molecule has 12 aromatic rings. The first-order valence-electron chi connectivity index (χ1n) is 29.6. The lowest BCUT2D eigenvalue weighted by Crippen LogP contribution is -2.21. The second-order valence-corrected chi connectivity index (χ2v) is 22.9. The average Bonchev–Trinajstić information content (AvgIpc) is 1.62. The van der Waals surface area contributed by atoms with Gasteiger partial charge in [-0.1, -0.05) is 54.6 Å². The van der Waals surface area contributed by atoms with Crippen LogP contribution in [0.5, 0.6) is 0 Å². The smallest absolute Gasteiger partial charge is 0.257 e. The maximum Gasteiger partial charge on any atom is 0.257 e. The number of aromatic nitrogens is 9. The van der Waals surface area contributed by atoms with Crippen molar-refractivity contribution in [1.29, 1.82) is 0 Å². The van der Waals surface area contributed by atoms with Gasteiger partial charge in [0.25, 0.3) is 17.7 Å². The molecule has 3 atom stereocenters. The van der Waals surface area contributed by atoms with Crippen LogP contribution in [-0.2, 0) is 35.5 Å². The van der Waals surface area contributed by atoms with Crippen molar-refractivity contribution < 1.29 is 46.8 Å². The largest absolute Gasteiger partial charge is 0.383 e. The molecule has 1 unspecified atom stereocenters. The van der Waals surface area contributed by atoms with Crippen molar-refractivity contribution in [2.24, 2.45) is 21.1 Å². The molecule has 0 radical (unpaired) electrons. The Morgan fingerprint density at radius 3 is 0.896 bits per heavy atom. The van der Waals surface area contributed by atoms with Crippen molar-refractivity contribution >= 4 is 97.5 Å². The van der Waals surface area contributed by atoms with Gasteiger partial charge in [-0.15, -0.1) is 0 Å². The molecular formula is C70H69F4N15O6S. The van der Waals surface area contributed by atoms with Gasteiger partial charge in [0, 0.05) is 91.9 Å². The summed E-state index contributed by atoms with van der Waals surface area (Å²) in [7, 11) is 5.69. The number of nitrogens with zero attached hydrogens (tertiary/aromatic N) is 9. The summed E-state index contributed by atoms with van der Waals surface area (Å²) < 4.78 is 56.0. The number of nitrogen functional groups attached to an aromatic ring is 3. The number of carbonyl (C=O) groups excluding carboxylic acids is 3. The van der Waals surface area contributed by atoms with E-state index in [0.29, 0.717) is 52.0 Å². The molecule has 21 nitrogen and oxygen atoms in total. The molecule has 0 fully saturated rings. The fourth-order valence-corrected chi connectivity index (χ4v) is 11.1. The lowest BCUT2D eigenvalue weighted by molar-refractivity contribution is -0.124. The van der Waals surface area contributed by atoms with Crippen molar-refractivity contribution in [3.05, 3.63) is 214 Å². The van der Waals surface area contributed by atoms with Crippen molar-refractivity contribution in [3.63, 3.8) is 0 Å². The average molecular weight is 1320 g/mol. The lowest BCUT2D eigenvalue weighted by atomic mass is 10.00. The van der Waals surface area contributed by atoms with Crippen LogP contribution >= 0.6 is 12.1 Å². The number of aryl methyl sites for hydroxylation is 9. The molecule has 0 spiro atoms. The number of nitrogens with one attached hydrogen (secondary N) is 3. The van der Waals surface area contributed by atoms with Gasteiger partial charge in [-0.05, 0) is 164 Å². The predicted octanol–water partition coefficient (Wildman–Crippen LogP) is 12.2. The summed E-state index contributed by atoms with van der Waals surface area (Å²) >= 11 is 0.250. The van der Waals surface area contributed by atoms with E-state index < -0.39 is 53.5 Å². The first kappa shape index (κ1) is 69.3. The van der Waals surface area contributed by atoms with Crippen LogP contribution in [0.2, 0.25) is 0 Å². The first-order valence-corrected chi connectivity index (χ1v) is 30.8. The number of anilines is 6. The number of halogens is 4. The van der Waals surface area contributed by atoms with Gasteiger partial charge in [0.1, 0.15) is 69.3 Å². The maximum absolute atomic E-state index is 13.4. The van der Waals surface area contributed by atoms with E-state index in [1.807, 2.05) is 92.4 Å². The minimum Gasteiger partial charge on any atom is -0.383 e. The second-order valence-electron chi connectivity index (χ2n) is 22.6. The first-order chi connectivity index (χ1) is 45.6. The minimum atomic E-state index is -1.48. The van der Waals surface area contributed by atoms with Crippen molar-refractivity contribution in [1.82, 2.24) is 43.6 Å². The Kier molecular flexibility index (Phi) is 21.3. The number of amides is 3. The molecule has 26 heteroatoms. The molecule has 12 N–H and O–H groups in total. The standard InChI is InChI=1S/3C23H22FN5O2.CH3FS/c3*1-12-9-16(28-23(31)20(30)14-5-4-6-15(24)10-14)7-8-17(12)18-11-29(3)22-19(18)21(25)26-13(2)27-22;1-3-2/h3*4-11,20,30H,1-3H3,(H,28,31)(H2,25,26,27);1H3/t2*20-;;/m10../s1. The van der Waals surface area contributed by atoms with Crippen molar-refractivity contribution in [3.8, 4) is 33.4 Å². The molecular weight excluding hydrogens is 1250 g/mol. The topological polar surface area (TPSA) is 318 Å². The molecule has 0 aliphatic rings. The van der Waals surface area contributed by atoms with E-state index in [0.717, 1.165) is 101 Å². The molecule has 3 amide bonds. The highest BCUT2D eigenvalue weighted by Crippen LogP contribution is 2.39. The number of nitrogens with two attached hydrogens (primary N) is 3. The molecule has 0 aliphatic carbocycles. The summed E-state index contributed by atoms with van der Waals surface area (Å²) in [6.45, 7) is 11.1. The Hall–Kier alpha value is -11.1. The van der Waals surface area contributed by atoms with E-state index in [9.17, 15) is 46.8 Å². The molecule has 0 saturated heterocycles. The van der Waals surface area contributed by atoms with Gasteiger partial charge in [0.2, 0.25) is 0 Å². The SMILES string of the molecule is CSF.Cc1nc(N)c2c(-c3ccc(NC(=O)C(O)c4cccc(F)c4)cc3C)cn(C)c2n1.Cc1nc(N)c2c(-c3ccc(NC(=O)[C@@H](O)c4cccc(F)c4)cc3C)cn(C)c2n1.Cc1nc(N)c2c(-c3ccc(NC(=O)[C@H](O)c4cccc(F)c4)cc3C)cn(C)c2n1. The summed E-state index contributed by atoms with van der Waals surface area (Å²) in [5.74, 6) is -0.440. The fourth-order valence-electron chi connectivity index (χ4n) is 11.1. The number of aliphatic hydroxyl groups excluding tert-OH is 3. The van der Waals surface area contributed by atoms with Crippen LogP contribution in [0, 0.1) is 59.0 Å². The Morgan fingerprint density at radius 1 is 0.417 bits per heavy atom. The molecule has 6 heterocycles. The highest BCUT2D eigenvalue weighted by molar-refractivity contribution is 7.93. The number of rotatable bonds is 12. The third kappa shape index (κ3) is 15.4. The summed E-state index contributed by atoms with van der Waals surface area (Å²) in [5.41, 5.74) is 31.0. The second kappa shape index (κ2) is 29.5. The van der Waals surface area contributed by atoms with Crippen LogP contribution in [-0.4, -0.2) is 82.9 Å². The third-order valence-corrected chi connectivity index (χ3v) is 15.5. The maximum atomic E-state index is 13.4. The molecule has 494 valence electrons. The van der Waals surface area contributed by atoms with E-state index in [2.05, 4.69) is 45.9 Å². The quantitative estimate of drug-likeness (QED) is 0.0513. The predicted molar refractivity (Wildman–Crippen MR) is 368 cm³/mol. The normalized spacial score (nSPS) is 12.0. The van der Waals surface area contributed by atoms with E-state index in [1.54, 1.807) is 57.2 Å². The van der Waals surface area contributed by atoms with E-state index >= 15 is 0 Å². The van der Waals surface area contributed by atoms with E-state index in [1.165, 1.54) is 60.9 Å². The Bertz CT molecular complexity index is 4460.